The Labute approximate surface area is 207 Å². The van der Waals surface area contributed by atoms with E-state index in [1.807, 2.05) is 0 Å². The van der Waals surface area contributed by atoms with Gasteiger partial charge < -0.3 is 4.90 Å². The number of nitrogens with zero attached hydrogens (tertiary/aromatic N) is 1. The predicted octanol–water partition coefficient (Wildman–Crippen LogP) is 9.85. The minimum atomic E-state index is 1.18. The number of hydrogen-bond acceptors (Lipinski definition) is 1. The summed E-state index contributed by atoms with van der Waals surface area (Å²) in [5.41, 5.74) is 8.71. The van der Waals surface area contributed by atoms with Crippen LogP contribution in [-0.2, 0) is 0 Å². The van der Waals surface area contributed by atoms with Crippen LogP contribution in [0.3, 0.4) is 0 Å². The van der Waals surface area contributed by atoms with E-state index < -0.39 is 0 Å². The van der Waals surface area contributed by atoms with Crippen molar-refractivity contribution in [3.63, 3.8) is 0 Å². The van der Waals surface area contributed by atoms with Crippen LogP contribution >= 0.6 is 0 Å². The van der Waals surface area contributed by atoms with E-state index in [-0.39, 0.29) is 0 Å². The highest BCUT2D eigenvalue weighted by Crippen LogP contribution is 2.41. The summed E-state index contributed by atoms with van der Waals surface area (Å²) in [6.45, 7) is 8.74. The first kappa shape index (κ1) is 21.4. The molecule has 170 valence electrons. The highest BCUT2D eigenvalue weighted by Gasteiger charge is 2.18. The lowest BCUT2D eigenvalue weighted by Gasteiger charge is -2.29. The molecule has 0 radical (unpaired) electrons. The van der Waals surface area contributed by atoms with Gasteiger partial charge in [0.25, 0.3) is 0 Å². The van der Waals surface area contributed by atoms with Crippen molar-refractivity contribution in [2.45, 2.75) is 27.7 Å². The van der Waals surface area contributed by atoms with Crippen molar-refractivity contribution in [3.8, 4) is 0 Å². The zero-order valence-corrected chi connectivity index (χ0v) is 20.8. The fraction of sp³-hybridized carbons (Fsp3) is 0.118. The van der Waals surface area contributed by atoms with Gasteiger partial charge in [0.15, 0.2) is 0 Å². The van der Waals surface area contributed by atoms with Crippen molar-refractivity contribution in [1.82, 2.24) is 0 Å². The van der Waals surface area contributed by atoms with E-state index in [2.05, 4.69) is 136 Å². The summed E-state index contributed by atoms with van der Waals surface area (Å²) in [6.07, 6.45) is 0. The van der Waals surface area contributed by atoms with E-state index in [4.69, 9.17) is 0 Å². The van der Waals surface area contributed by atoms with Crippen LogP contribution in [0, 0.1) is 27.7 Å². The van der Waals surface area contributed by atoms with Crippen LogP contribution in [0.1, 0.15) is 22.3 Å². The van der Waals surface area contributed by atoms with E-state index >= 15 is 0 Å². The Kier molecular flexibility index (Phi) is 5.07. The first-order valence-electron chi connectivity index (χ1n) is 12.3. The molecule has 0 N–H and O–H groups in total. The quantitative estimate of drug-likeness (QED) is 0.242. The molecule has 0 aliphatic carbocycles. The molecule has 35 heavy (non-hydrogen) atoms. The molecule has 0 saturated carbocycles. The van der Waals surface area contributed by atoms with Crippen LogP contribution in [0.2, 0.25) is 0 Å². The molecule has 0 amide bonds. The SMILES string of the molecule is Cc1ccc(N(c2ccc3ccc4ccc5ccccc5c4c3c2)c2ccc(C)cc2C)c(C)c1. The average molecular weight is 452 g/mol. The van der Waals surface area contributed by atoms with Gasteiger partial charge in [-0.05, 0) is 95.4 Å². The lowest BCUT2D eigenvalue weighted by Crippen LogP contribution is -2.13. The maximum absolute atomic E-state index is 2.42. The second kappa shape index (κ2) is 8.29. The van der Waals surface area contributed by atoms with E-state index in [1.165, 1.54) is 71.6 Å². The van der Waals surface area contributed by atoms with Crippen LogP contribution in [-0.4, -0.2) is 0 Å². The van der Waals surface area contributed by atoms with E-state index in [0.717, 1.165) is 0 Å². The predicted molar refractivity (Wildman–Crippen MR) is 153 cm³/mol. The Morgan fingerprint density at radius 1 is 0.457 bits per heavy atom. The second-order valence-corrected chi connectivity index (χ2v) is 9.77. The number of anilines is 3. The van der Waals surface area contributed by atoms with Crippen LogP contribution in [0.5, 0.6) is 0 Å². The Morgan fingerprint density at radius 3 is 1.63 bits per heavy atom. The summed E-state index contributed by atoms with van der Waals surface area (Å²) in [5, 5.41) is 7.73. The smallest absolute Gasteiger partial charge is 0.0491 e. The lowest BCUT2D eigenvalue weighted by molar-refractivity contribution is 1.21. The fourth-order valence-electron chi connectivity index (χ4n) is 5.47. The molecule has 1 heteroatoms. The average Bonchev–Trinajstić information content (AvgIpc) is 2.86. The first-order valence-corrected chi connectivity index (χ1v) is 12.3. The third-order valence-electron chi connectivity index (χ3n) is 7.15. The van der Waals surface area contributed by atoms with Crippen LogP contribution < -0.4 is 4.90 Å². The third-order valence-corrected chi connectivity index (χ3v) is 7.15. The fourth-order valence-corrected chi connectivity index (χ4v) is 5.47. The molecule has 0 atom stereocenters. The minimum absolute atomic E-state index is 1.18. The Bertz CT molecular complexity index is 1690. The maximum atomic E-state index is 2.42. The van der Waals surface area contributed by atoms with Gasteiger partial charge in [0.05, 0.1) is 0 Å². The van der Waals surface area contributed by atoms with Gasteiger partial charge in [-0.25, -0.2) is 0 Å². The molecule has 0 bridgehead atoms. The molecule has 0 saturated heterocycles. The molecule has 0 fully saturated rings. The van der Waals surface area contributed by atoms with Crippen LogP contribution in [0.4, 0.5) is 17.1 Å². The number of hydrogen-bond donors (Lipinski definition) is 0. The summed E-state index contributed by atoms with van der Waals surface area (Å²) in [4.78, 5) is 2.42. The van der Waals surface area contributed by atoms with Gasteiger partial charge in [0.2, 0.25) is 0 Å². The molecule has 1 nitrogen and oxygen atoms in total. The third kappa shape index (κ3) is 3.65. The van der Waals surface area contributed by atoms with Crippen molar-refractivity contribution in [2.75, 3.05) is 4.90 Å². The molecule has 0 spiro atoms. The monoisotopic (exact) mass is 451 g/mol. The molecular formula is C34H29N. The molecule has 6 rings (SSSR count). The summed E-state index contributed by atoms with van der Waals surface area (Å²) < 4.78 is 0. The standard InChI is InChI=1S/C34H29N/c1-22-9-17-32(24(3)19-22)35(33-18-10-23(2)20-25(33)4)29-16-15-27-12-14-28-13-11-26-7-5-6-8-30(26)34(28)31(27)21-29/h5-21H,1-4H3. The van der Waals surface area contributed by atoms with Crippen molar-refractivity contribution in [1.29, 1.82) is 0 Å². The Morgan fingerprint density at radius 2 is 1.00 bits per heavy atom. The van der Waals surface area contributed by atoms with Gasteiger partial charge in [0, 0.05) is 17.1 Å². The molecule has 0 aliphatic heterocycles. The molecule has 6 aromatic carbocycles. The van der Waals surface area contributed by atoms with Gasteiger partial charge in [-0.1, -0.05) is 90.0 Å². The highest BCUT2D eigenvalue weighted by molar-refractivity contribution is 6.20. The number of fused-ring (bicyclic) bond motifs is 5. The summed E-state index contributed by atoms with van der Waals surface area (Å²) in [5.74, 6) is 0. The van der Waals surface area contributed by atoms with Crippen molar-refractivity contribution >= 4 is 49.4 Å². The van der Waals surface area contributed by atoms with Crippen LogP contribution in [0.25, 0.3) is 32.3 Å². The summed E-state index contributed by atoms with van der Waals surface area (Å²) >= 11 is 0. The molecule has 0 aliphatic rings. The molecule has 0 unspecified atom stereocenters. The summed E-state index contributed by atoms with van der Waals surface area (Å²) in [7, 11) is 0. The molecule has 0 aromatic heterocycles. The zero-order valence-electron chi connectivity index (χ0n) is 20.8. The number of benzene rings is 6. The maximum Gasteiger partial charge on any atom is 0.0491 e. The Balaban J connectivity index is 1.68. The van der Waals surface area contributed by atoms with Crippen molar-refractivity contribution in [2.24, 2.45) is 0 Å². The first-order chi connectivity index (χ1) is 17.0. The lowest BCUT2D eigenvalue weighted by atomic mass is 9.95. The highest BCUT2D eigenvalue weighted by atomic mass is 15.1. The van der Waals surface area contributed by atoms with E-state index in [1.54, 1.807) is 0 Å². The number of rotatable bonds is 3. The molecular weight excluding hydrogens is 422 g/mol. The van der Waals surface area contributed by atoms with Crippen LogP contribution in [0.15, 0.2) is 103 Å². The summed E-state index contributed by atoms with van der Waals surface area (Å²) in [6, 6.07) is 38.1. The second-order valence-electron chi connectivity index (χ2n) is 9.77. The van der Waals surface area contributed by atoms with Gasteiger partial charge in [-0.3, -0.25) is 0 Å². The van der Waals surface area contributed by atoms with Gasteiger partial charge in [-0.2, -0.15) is 0 Å². The largest absolute Gasteiger partial charge is 0.310 e. The topological polar surface area (TPSA) is 3.24 Å². The zero-order chi connectivity index (χ0) is 24.1. The molecule has 0 heterocycles. The van der Waals surface area contributed by atoms with Crippen molar-refractivity contribution in [3.05, 3.63) is 125 Å². The normalized spacial score (nSPS) is 11.4. The van der Waals surface area contributed by atoms with E-state index in [9.17, 15) is 0 Å². The Hall–Kier alpha value is -4.10. The van der Waals surface area contributed by atoms with E-state index in [0.29, 0.717) is 0 Å². The minimum Gasteiger partial charge on any atom is -0.310 e. The molecule has 6 aromatic rings. The van der Waals surface area contributed by atoms with Gasteiger partial charge in [-0.15, -0.1) is 0 Å². The van der Waals surface area contributed by atoms with Gasteiger partial charge in [0.1, 0.15) is 0 Å². The van der Waals surface area contributed by atoms with Gasteiger partial charge >= 0.3 is 0 Å². The number of aryl methyl sites for hydroxylation is 4. The van der Waals surface area contributed by atoms with Crippen molar-refractivity contribution < 1.29 is 0 Å².